The second-order valence-corrected chi connectivity index (χ2v) is 7.64. The van der Waals surface area contributed by atoms with Gasteiger partial charge >= 0.3 is 0 Å². The molecule has 0 radical (unpaired) electrons. The first-order valence-corrected chi connectivity index (χ1v) is 9.47. The number of hydrogen-bond acceptors (Lipinski definition) is 4. The zero-order valence-electron chi connectivity index (χ0n) is 15.8. The summed E-state index contributed by atoms with van der Waals surface area (Å²) in [5.74, 6) is 0.579. The van der Waals surface area contributed by atoms with E-state index in [9.17, 15) is 5.11 Å². The molecular formula is C23H21ClN2O2. The Labute approximate surface area is 169 Å². The minimum Gasteiger partial charge on any atom is -0.495 e. The molecule has 0 saturated carbocycles. The fourth-order valence-electron chi connectivity index (χ4n) is 3.88. The highest BCUT2D eigenvalue weighted by Crippen LogP contribution is 2.44. The van der Waals surface area contributed by atoms with E-state index in [1.54, 1.807) is 38.6 Å². The van der Waals surface area contributed by atoms with E-state index < -0.39 is 11.1 Å². The molecule has 3 aromatic rings. The molecule has 28 heavy (non-hydrogen) atoms. The molecule has 0 bridgehead atoms. The molecule has 2 heterocycles. The van der Waals surface area contributed by atoms with Gasteiger partial charge in [-0.2, -0.15) is 0 Å². The lowest BCUT2D eigenvalue weighted by molar-refractivity contribution is 0.0311. The number of hydrogen-bond donors (Lipinski definition) is 1. The Kier molecular flexibility index (Phi) is 4.69. The number of methoxy groups -OCH3 is 1. The SMILES string of the molecule is COc1ccc(C(C)(O)CC2(c3ccnc4ccccc34)C=CC=N2)cc1Cl. The molecular weight excluding hydrogens is 372 g/mol. The van der Waals surface area contributed by atoms with E-state index in [2.05, 4.69) is 4.98 Å². The van der Waals surface area contributed by atoms with Crippen LogP contribution >= 0.6 is 11.6 Å². The molecule has 2 aromatic carbocycles. The van der Waals surface area contributed by atoms with Crippen LogP contribution < -0.4 is 4.74 Å². The molecule has 0 aliphatic carbocycles. The molecule has 1 N–H and O–H groups in total. The largest absolute Gasteiger partial charge is 0.495 e. The van der Waals surface area contributed by atoms with Crippen molar-refractivity contribution < 1.29 is 9.84 Å². The maximum absolute atomic E-state index is 11.4. The van der Waals surface area contributed by atoms with E-state index in [0.29, 0.717) is 22.8 Å². The van der Waals surface area contributed by atoms with Crippen molar-refractivity contribution in [3.63, 3.8) is 0 Å². The van der Waals surface area contributed by atoms with Crippen molar-refractivity contribution in [3.05, 3.63) is 83.0 Å². The first-order valence-electron chi connectivity index (χ1n) is 9.09. The van der Waals surface area contributed by atoms with Crippen LogP contribution in [0.1, 0.15) is 24.5 Å². The fourth-order valence-corrected chi connectivity index (χ4v) is 4.14. The molecule has 0 spiro atoms. The number of pyridine rings is 1. The number of fused-ring (bicyclic) bond motifs is 1. The van der Waals surface area contributed by atoms with E-state index in [1.165, 1.54) is 0 Å². The van der Waals surface area contributed by atoms with Crippen LogP contribution in [-0.2, 0) is 11.1 Å². The third-order valence-electron chi connectivity index (χ3n) is 5.27. The average Bonchev–Trinajstić information content (AvgIpc) is 3.16. The van der Waals surface area contributed by atoms with Gasteiger partial charge in [0.15, 0.2) is 0 Å². The standard InChI is InChI=1S/C23H21ClN2O2/c1-22(27,16-8-9-21(28-2)19(24)14-16)15-23(11-5-12-26-23)18-10-13-25-20-7-4-3-6-17(18)20/h3-14,27H,15H2,1-2H3. The van der Waals surface area contributed by atoms with E-state index in [1.807, 2.05) is 48.6 Å². The number of rotatable bonds is 5. The number of halogens is 1. The highest BCUT2D eigenvalue weighted by molar-refractivity contribution is 6.32. The van der Waals surface area contributed by atoms with Crippen LogP contribution in [0.4, 0.5) is 0 Å². The summed E-state index contributed by atoms with van der Waals surface area (Å²) in [7, 11) is 1.57. The van der Waals surface area contributed by atoms with Crippen LogP contribution in [0.25, 0.3) is 10.9 Å². The Morgan fingerprint density at radius 3 is 2.71 bits per heavy atom. The predicted octanol–water partition coefficient (Wildman–Crippen LogP) is 5.03. The Hall–Kier alpha value is -2.69. The van der Waals surface area contributed by atoms with Gasteiger partial charge in [0.1, 0.15) is 11.3 Å². The summed E-state index contributed by atoms with van der Waals surface area (Å²) in [4.78, 5) is 9.23. The predicted molar refractivity (Wildman–Crippen MR) is 113 cm³/mol. The van der Waals surface area contributed by atoms with Gasteiger partial charge < -0.3 is 9.84 Å². The Morgan fingerprint density at radius 2 is 2.00 bits per heavy atom. The van der Waals surface area contributed by atoms with Crippen LogP contribution in [0.2, 0.25) is 5.02 Å². The van der Waals surface area contributed by atoms with Crippen LogP contribution in [0.15, 0.2) is 71.9 Å². The van der Waals surface area contributed by atoms with Gasteiger partial charge in [-0.05, 0) is 48.4 Å². The molecule has 1 aromatic heterocycles. The van der Waals surface area contributed by atoms with Crippen molar-refractivity contribution in [1.82, 2.24) is 4.98 Å². The molecule has 2 atom stereocenters. The Bertz CT molecular complexity index is 1070. The lowest BCUT2D eigenvalue weighted by atomic mass is 9.77. The van der Waals surface area contributed by atoms with Crippen molar-refractivity contribution in [2.24, 2.45) is 4.99 Å². The Morgan fingerprint density at radius 1 is 1.18 bits per heavy atom. The summed E-state index contributed by atoms with van der Waals surface area (Å²) in [6, 6.07) is 15.3. The normalized spacial score (nSPS) is 20.4. The number of nitrogens with zero attached hydrogens (tertiary/aromatic N) is 2. The lowest BCUT2D eigenvalue weighted by Crippen LogP contribution is -2.33. The van der Waals surface area contributed by atoms with Crippen molar-refractivity contribution >= 4 is 28.7 Å². The van der Waals surface area contributed by atoms with E-state index >= 15 is 0 Å². The van der Waals surface area contributed by atoms with E-state index in [-0.39, 0.29) is 0 Å². The van der Waals surface area contributed by atoms with Crippen LogP contribution in [0.5, 0.6) is 5.75 Å². The zero-order valence-corrected chi connectivity index (χ0v) is 16.5. The van der Waals surface area contributed by atoms with E-state index in [0.717, 1.165) is 16.5 Å². The number of allylic oxidation sites excluding steroid dienone is 1. The smallest absolute Gasteiger partial charge is 0.137 e. The summed E-state index contributed by atoms with van der Waals surface area (Å²) in [5, 5.41) is 12.9. The molecule has 4 rings (SSSR count). The first kappa shape index (κ1) is 18.7. The minimum absolute atomic E-state index is 0.365. The number of aliphatic hydroxyl groups is 1. The van der Waals surface area contributed by atoms with Gasteiger partial charge in [0, 0.05) is 24.2 Å². The van der Waals surface area contributed by atoms with Gasteiger partial charge in [-0.3, -0.25) is 9.98 Å². The summed E-state index contributed by atoms with van der Waals surface area (Å²) >= 11 is 6.29. The van der Waals surface area contributed by atoms with Gasteiger partial charge in [0.05, 0.1) is 23.3 Å². The molecule has 142 valence electrons. The first-order chi connectivity index (χ1) is 13.5. The molecule has 0 amide bonds. The molecule has 5 heteroatoms. The van der Waals surface area contributed by atoms with Gasteiger partial charge in [0.2, 0.25) is 0 Å². The van der Waals surface area contributed by atoms with Crippen LogP contribution in [0, 0.1) is 0 Å². The third kappa shape index (κ3) is 3.19. The van der Waals surface area contributed by atoms with Gasteiger partial charge in [-0.1, -0.05) is 41.9 Å². The molecule has 1 aliphatic rings. The fraction of sp³-hybridized carbons (Fsp3) is 0.217. The summed E-state index contributed by atoms with van der Waals surface area (Å²) in [5.41, 5.74) is 0.793. The van der Waals surface area contributed by atoms with Crippen molar-refractivity contribution in [2.75, 3.05) is 7.11 Å². The monoisotopic (exact) mass is 392 g/mol. The second-order valence-electron chi connectivity index (χ2n) is 7.24. The summed E-state index contributed by atoms with van der Waals surface area (Å²) in [6.07, 6.45) is 7.90. The lowest BCUT2D eigenvalue weighted by Gasteiger charge is -2.34. The summed E-state index contributed by atoms with van der Waals surface area (Å²) in [6.45, 7) is 1.79. The number of ether oxygens (including phenoxy) is 1. The number of aliphatic imine (C=N–C) groups is 1. The zero-order chi connectivity index (χ0) is 19.8. The highest BCUT2D eigenvalue weighted by Gasteiger charge is 2.40. The number of aromatic nitrogens is 1. The second kappa shape index (κ2) is 7.04. The topological polar surface area (TPSA) is 54.7 Å². The maximum Gasteiger partial charge on any atom is 0.137 e. The molecule has 0 saturated heterocycles. The van der Waals surface area contributed by atoms with Crippen LogP contribution in [-0.4, -0.2) is 23.4 Å². The maximum atomic E-state index is 11.4. The van der Waals surface area contributed by atoms with Gasteiger partial charge in [0.25, 0.3) is 0 Å². The third-order valence-corrected chi connectivity index (χ3v) is 5.56. The van der Waals surface area contributed by atoms with Gasteiger partial charge in [-0.15, -0.1) is 0 Å². The molecule has 0 fully saturated rings. The van der Waals surface area contributed by atoms with Crippen molar-refractivity contribution in [2.45, 2.75) is 24.5 Å². The highest BCUT2D eigenvalue weighted by atomic mass is 35.5. The quantitative estimate of drug-likeness (QED) is 0.662. The molecule has 1 aliphatic heterocycles. The minimum atomic E-state index is -1.16. The van der Waals surface area contributed by atoms with Crippen LogP contribution in [0.3, 0.4) is 0 Å². The molecule has 2 unspecified atom stereocenters. The van der Waals surface area contributed by atoms with Crippen molar-refractivity contribution in [3.8, 4) is 5.75 Å². The summed E-state index contributed by atoms with van der Waals surface area (Å²) < 4.78 is 5.23. The number of benzene rings is 2. The Balaban J connectivity index is 1.79. The average molecular weight is 393 g/mol. The number of para-hydroxylation sites is 1. The van der Waals surface area contributed by atoms with E-state index in [4.69, 9.17) is 21.3 Å². The molecule has 4 nitrogen and oxygen atoms in total. The van der Waals surface area contributed by atoms with Crippen molar-refractivity contribution in [1.29, 1.82) is 0 Å². The van der Waals surface area contributed by atoms with Gasteiger partial charge in [-0.25, -0.2) is 0 Å².